The summed E-state index contributed by atoms with van der Waals surface area (Å²) >= 11 is 0. The van der Waals surface area contributed by atoms with Gasteiger partial charge in [-0.3, -0.25) is 0 Å². The van der Waals surface area contributed by atoms with Gasteiger partial charge in [0.15, 0.2) is 0 Å². The summed E-state index contributed by atoms with van der Waals surface area (Å²) in [5.41, 5.74) is -0.551. The minimum absolute atomic E-state index is 0.165. The number of hydrogen-bond donors (Lipinski definition) is 0. The number of carbonyl (C=O) groups is 1. The van der Waals surface area contributed by atoms with Gasteiger partial charge < -0.3 is 14.4 Å². The van der Waals surface area contributed by atoms with Crippen LogP contribution in [0.1, 0.15) is 27.2 Å². The molecule has 0 aromatic rings. The van der Waals surface area contributed by atoms with Crippen molar-refractivity contribution >= 4 is 25.8 Å². The van der Waals surface area contributed by atoms with Crippen molar-refractivity contribution in [2.75, 3.05) is 25.4 Å². The molecule has 1 rings (SSSR count). The first kappa shape index (κ1) is 16.5. The Morgan fingerprint density at radius 3 is 2.63 bits per heavy atom. The van der Waals surface area contributed by atoms with E-state index in [1.54, 1.807) is 20.8 Å². The van der Waals surface area contributed by atoms with Crippen LogP contribution in [-0.4, -0.2) is 56.6 Å². The van der Waals surface area contributed by atoms with Crippen LogP contribution in [0.25, 0.3) is 0 Å². The van der Waals surface area contributed by atoms with Crippen LogP contribution >= 0.6 is 10.7 Å². The van der Waals surface area contributed by atoms with Gasteiger partial charge in [-0.25, -0.2) is 13.2 Å². The molecule has 0 spiro atoms. The van der Waals surface area contributed by atoms with E-state index in [1.165, 1.54) is 4.90 Å². The molecule has 1 unspecified atom stereocenters. The second kappa shape index (κ2) is 6.28. The van der Waals surface area contributed by atoms with E-state index in [1.807, 2.05) is 0 Å². The fourth-order valence-electron chi connectivity index (χ4n) is 1.66. The van der Waals surface area contributed by atoms with Gasteiger partial charge in [-0.2, -0.15) is 0 Å². The Bertz CT molecular complexity index is 417. The molecule has 1 fully saturated rings. The van der Waals surface area contributed by atoms with E-state index in [-0.39, 0.29) is 18.3 Å². The highest BCUT2D eigenvalue weighted by atomic mass is 35.7. The molecule has 0 aromatic heterocycles. The fourth-order valence-corrected chi connectivity index (χ4v) is 2.47. The first-order chi connectivity index (χ1) is 8.57. The highest BCUT2D eigenvalue weighted by Crippen LogP contribution is 2.15. The molecule has 0 N–H and O–H groups in total. The van der Waals surface area contributed by atoms with Gasteiger partial charge in [0.1, 0.15) is 5.60 Å². The number of nitrogens with zero attached hydrogens (tertiary/aromatic N) is 1. The lowest BCUT2D eigenvalue weighted by Gasteiger charge is -2.34. The van der Waals surface area contributed by atoms with E-state index >= 15 is 0 Å². The van der Waals surface area contributed by atoms with Crippen molar-refractivity contribution in [1.82, 2.24) is 4.90 Å². The van der Waals surface area contributed by atoms with Crippen molar-refractivity contribution in [3.05, 3.63) is 0 Å². The predicted molar refractivity (Wildman–Crippen MR) is 71.8 cm³/mol. The summed E-state index contributed by atoms with van der Waals surface area (Å²) in [4.78, 5) is 13.4. The summed E-state index contributed by atoms with van der Waals surface area (Å²) in [6.45, 7) is 6.52. The van der Waals surface area contributed by atoms with E-state index in [9.17, 15) is 13.2 Å². The zero-order valence-corrected chi connectivity index (χ0v) is 13.0. The van der Waals surface area contributed by atoms with Gasteiger partial charge in [-0.05, 0) is 27.2 Å². The highest BCUT2D eigenvalue weighted by Gasteiger charge is 2.28. The Morgan fingerprint density at radius 1 is 1.47 bits per heavy atom. The third-order valence-corrected chi connectivity index (χ3v) is 3.66. The van der Waals surface area contributed by atoms with Crippen LogP contribution in [0.15, 0.2) is 0 Å². The maximum Gasteiger partial charge on any atom is 0.410 e. The number of halogens is 1. The van der Waals surface area contributed by atoms with E-state index < -0.39 is 20.7 Å². The number of morpholine rings is 1. The normalized spacial score (nSPS) is 21.3. The van der Waals surface area contributed by atoms with Crippen LogP contribution in [0.4, 0.5) is 4.79 Å². The molecule has 0 aliphatic carbocycles. The van der Waals surface area contributed by atoms with Gasteiger partial charge in [0.25, 0.3) is 0 Å². The number of amides is 1. The van der Waals surface area contributed by atoms with Gasteiger partial charge in [0.2, 0.25) is 9.05 Å². The third-order valence-electron chi connectivity index (χ3n) is 2.47. The maximum absolute atomic E-state index is 11.9. The topological polar surface area (TPSA) is 72.9 Å². The molecule has 112 valence electrons. The Kier molecular flexibility index (Phi) is 5.46. The highest BCUT2D eigenvalue weighted by molar-refractivity contribution is 8.13. The van der Waals surface area contributed by atoms with Crippen LogP contribution in [-0.2, 0) is 18.5 Å². The lowest BCUT2D eigenvalue weighted by molar-refractivity contribution is -0.0425. The molecule has 8 heteroatoms. The van der Waals surface area contributed by atoms with Gasteiger partial charge >= 0.3 is 6.09 Å². The number of ether oxygens (including phenoxy) is 2. The van der Waals surface area contributed by atoms with E-state index in [2.05, 4.69) is 0 Å². The Labute approximate surface area is 118 Å². The smallest absolute Gasteiger partial charge is 0.410 e. The molecular weight excluding hydrogens is 294 g/mol. The van der Waals surface area contributed by atoms with Crippen molar-refractivity contribution in [3.63, 3.8) is 0 Å². The lowest BCUT2D eigenvalue weighted by atomic mass is 10.2. The van der Waals surface area contributed by atoms with E-state index in [0.29, 0.717) is 19.7 Å². The molecule has 0 bridgehead atoms. The van der Waals surface area contributed by atoms with Gasteiger partial charge in [-0.15, -0.1) is 0 Å². The molecule has 1 heterocycles. The first-order valence-electron chi connectivity index (χ1n) is 6.09. The monoisotopic (exact) mass is 313 g/mol. The average Bonchev–Trinajstić information content (AvgIpc) is 2.23. The summed E-state index contributed by atoms with van der Waals surface area (Å²) in [7, 11) is 1.62. The molecular formula is C11H20ClNO5S. The Balaban J connectivity index is 2.48. The fraction of sp³-hybridized carbons (Fsp3) is 0.909. The summed E-state index contributed by atoms with van der Waals surface area (Å²) in [6, 6.07) is 0. The minimum atomic E-state index is -3.53. The second-order valence-corrected chi connectivity index (χ2v) is 8.35. The quantitative estimate of drug-likeness (QED) is 0.740. The zero-order valence-electron chi connectivity index (χ0n) is 11.4. The minimum Gasteiger partial charge on any atom is -0.444 e. The van der Waals surface area contributed by atoms with E-state index in [0.717, 1.165) is 0 Å². The van der Waals surface area contributed by atoms with Gasteiger partial charge in [0, 0.05) is 17.2 Å². The van der Waals surface area contributed by atoms with E-state index in [4.69, 9.17) is 20.2 Å². The van der Waals surface area contributed by atoms with Crippen LogP contribution in [0.2, 0.25) is 0 Å². The van der Waals surface area contributed by atoms with Crippen molar-refractivity contribution in [2.45, 2.75) is 38.9 Å². The molecule has 0 saturated carbocycles. The molecule has 1 saturated heterocycles. The predicted octanol–water partition coefficient (Wildman–Crippen LogP) is 1.58. The van der Waals surface area contributed by atoms with Gasteiger partial charge in [-0.1, -0.05) is 0 Å². The number of hydrogen-bond acceptors (Lipinski definition) is 5. The van der Waals surface area contributed by atoms with Crippen molar-refractivity contribution in [2.24, 2.45) is 0 Å². The molecule has 1 atom stereocenters. The molecule has 6 nitrogen and oxygen atoms in total. The van der Waals surface area contributed by atoms with Crippen LogP contribution in [0.5, 0.6) is 0 Å². The summed E-state index contributed by atoms with van der Waals surface area (Å²) in [5, 5.41) is 0. The SMILES string of the molecule is CC(C)(C)OC(=O)N1CCOC(CCS(=O)(=O)Cl)C1. The standard InChI is InChI=1S/C11H20ClNO5S/c1-11(2,3)18-10(14)13-5-6-17-9(8-13)4-7-19(12,15)16/h9H,4-8H2,1-3H3. The second-order valence-electron chi connectivity index (χ2n) is 5.45. The summed E-state index contributed by atoms with van der Waals surface area (Å²) in [6.07, 6.45) is -0.463. The third kappa shape index (κ3) is 6.98. The molecule has 0 radical (unpaired) electrons. The first-order valence-corrected chi connectivity index (χ1v) is 8.56. The molecule has 1 aliphatic rings. The van der Waals surface area contributed by atoms with Gasteiger partial charge in [0.05, 0.1) is 25.0 Å². The van der Waals surface area contributed by atoms with Crippen LogP contribution in [0.3, 0.4) is 0 Å². The van der Waals surface area contributed by atoms with Crippen molar-refractivity contribution in [1.29, 1.82) is 0 Å². The van der Waals surface area contributed by atoms with Crippen LogP contribution < -0.4 is 0 Å². The molecule has 19 heavy (non-hydrogen) atoms. The summed E-state index contributed by atoms with van der Waals surface area (Å²) in [5.74, 6) is -0.165. The van der Waals surface area contributed by atoms with Crippen LogP contribution in [0, 0.1) is 0 Å². The van der Waals surface area contributed by atoms with Crippen molar-refractivity contribution < 1.29 is 22.7 Å². The molecule has 1 aliphatic heterocycles. The lowest BCUT2D eigenvalue weighted by Crippen LogP contribution is -2.47. The Morgan fingerprint density at radius 2 is 2.11 bits per heavy atom. The molecule has 1 amide bonds. The number of carbonyl (C=O) groups excluding carboxylic acids is 1. The van der Waals surface area contributed by atoms with Crippen molar-refractivity contribution in [3.8, 4) is 0 Å². The Hall–Kier alpha value is -0.530. The summed E-state index contributed by atoms with van der Waals surface area (Å²) < 4.78 is 32.4. The molecule has 0 aromatic carbocycles. The largest absolute Gasteiger partial charge is 0.444 e. The zero-order chi connectivity index (χ0) is 14.7. The number of rotatable bonds is 3. The average molecular weight is 314 g/mol. The maximum atomic E-state index is 11.9.